The van der Waals surface area contributed by atoms with Crippen LogP contribution in [-0.2, 0) is 0 Å². The van der Waals surface area contributed by atoms with Crippen LogP contribution in [0.1, 0.15) is 5.69 Å². The van der Waals surface area contributed by atoms with Gasteiger partial charge in [-0.05, 0) is 18.2 Å². The molecule has 2 aromatic rings. The number of rotatable bonds is 2. The first-order chi connectivity index (χ1) is 8.06. The van der Waals surface area contributed by atoms with Gasteiger partial charge in [-0.1, -0.05) is 15.9 Å². The van der Waals surface area contributed by atoms with Gasteiger partial charge in [-0.15, -0.1) is 0 Å². The van der Waals surface area contributed by atoms with Gasteiger partial charge in [0.1, 0.15) is 5.75 Å². The zero-order valence-corrected chi connectivity index (χ0v) is 10.6. The third-order valence-corrected chi connectivity index (χ3v) is 2.71. The van der Waals surface area contributed by atoms with Crippen molar-refractivity contribution >= 4 is 15.9 Å². The molecule has 0 aliphatic rings. The minimum Gasteiger partial charge on any atom is -0.454 e. The van der Waals surface area contributed by atoms with Gasteiger partial charge in [0.25, 0.3) is 0 Å². The van der Waals surface area contributed by atoms with E-state index >= 15 is 0 Å². The molecule has 0 unspecified atom stereocenters. The van der Waals surface area contributed by atoms with Crippen LogP contribution in [0.3, 0.4) is 0 Å². The average Bonchev–Trinajstić information content (AvgIpc) is 2.27. The lowest BCUT2D eigenvalue weighted by Gasteiger charge is -2.06. The Morgan fingerprint density at radius 2 is 2.06 bits per heavy atom. The minimum atomic E-state index is -0.447. The van der Waals surface area contributed by atoms with Crippen LogP contribution in [0.25, 0.3) is 0 Å². The molecule has 0 fully saturated rings. The van der Waals surface area contributed by atoms with E-state index < -0.39 is 5.82 Å². The largest absolute Gasteiger partial charge is 0.454 e. The van der Waals surface area contributed by atoms with E-state index in [1.807, 2.05) is 0 Å². The summed E-state index contributed by atoms with van der Waals surface area (Å²) in [4.78, 5) is 0. The molecule has 88 valence electrons. The zero-order chi connectivity index (χ0) is 12.4. The SMILES string of the molecule is Cc1cc(Oc2ccc(Br)cc2F)cc[n+]1O. The van der Waals surface area contributed by atoms with Crippen LogP contribution in [0.2, 0.25) is 0 Å². The lowest BCUT2D eigenvalue weighted by molar-refractivity contribution is -0.908. The number of halogens is 2. The maximum Gasteiger partial charge on any atom is 0.234 e. The fourth-order valence-electron chi connectivity index (χ4n) is 1.33. The number of pyridine rings is 1. The minimum absolute atomic E-state index is 0.142. The number of aryl methyl sites for hydroxylation is 1. The van der Waals surface area contributed by atoms with E-state index in [0.29, 0.717) is 15.9 Å². The van der Waals surface area contributed by atoms with Crippen LogP contribution >= 0.6 is 15.9 Å². The Morgan fingerprint density at radius 1 is 1.29 bits per heavy atom. The fraction of sp³-hybridized carbons (Fsp3) is 0.0833. The average molecular weight is 299 g/mol. The molecule has 1 aromatic carbocycles. The summed E-state index contributed by atoms with van der Waals surface area (Å²) < 4.78 is 20.5. The first-order valence-corrected chi connectivity index (χ1v) is 5.70. The third-order valence-electron chi connectivity index (χ3n) is 2.21. The highest BCUT2D eigenvalue weighted by molar-refractivity contribution is 9.10. The molecule has 1 aromatic heterocycles. The van der Waals surface area contributed by atoms with E-state index in [0.717, 1.165) is 4.73 Å². The molecule has 0 saturated carbocycles. The van der Waals surface area contributed by atoms with Gasteiger partial charge < -0.3 is 4.74 Å². The number of benzene rings is 1. The number of ether oxygens (including phenoxy) is 1. The van der Waals surface area contributed by atoms with Crippen molar-refractivity contribution < 1.29 is 19.1 Å². The second-order valence-corrected chi connectivity index (χ2v) is 4.44. The molecule has 0 atom stereocenters. The molecule has 0 radical (unpaired) electrons. The Labute approximate surface area is 106 Å². The van der Waals surface area contributed by atoms with Crippen molar-refractivity contribution in [3.63, 3.8) is 0 Å². The number of nitrogens with zero attached hydrogens (tertiary/aromatic N) is 1. The Hall–Kier alpha value is -1.62. The summed E-state index contributed by atoms with van der Waals surface area (Å²) in [7, 11) is 0. The lowest BCUT2D eigenvalue weighted by atomic mass is 10.3. The van der Waals surface area contributed by atoms with Gasteiger partial charge in [0.05, 0.1) is 6.07 Å². The molecule has 2 rings (SSSR count). The first-order valence-electron chi connectivity index (χ1n) is 4.91. The molecule has 0 bridgehead atoms. The Bertz CT molecular complexity index is 560. The maximum absolute atomic E-state index is 13.5. The zero-order valence-electron chi connectivity index (χ0n) is 9.02. The van der Waals surface area contributed by atoms with Crippen LogP contribution < -0.4 is 9.47 Å². The van der Waals surface area contributed by atoms with Crippen molar-refractivity contribution in [1.82, 2.24) is 0 Å². The normalized spacial score (nSPS) is 10.3. The predicted molar refractivity (Wildman–Crippen MR) is 62.7 cm³/mol. The van der Waals surface area contributed by atoms with Gasteiger partial charge in [-0.2, -0.15) is 0 Å². The summed E-state index contributed by atoms with van der Waals surface area (Å²) >= 11 is 3.17. The summed E-state index contributed by atoms with van der Waals surface area (Å²) in [5.41, 5.74) is 0.597. The van der Waals surface area contributed by atoms with Crippen LogP contribution in [0, 0.1) is 12.7 Å². The number of aromatic nitrogens is 1. The number of hydrogen-bond donors (Lipinski definition) is 1. The summed E-state index contributed by atoms with van der Waals surface area (Å²) in [5.74, 6) is 0.162. The third kappa shape index (κ3) is 2.74. The molecular weight excluding hydrogens is 289 g/mol. The molecular formula is C12H10BrFNO2+. The summed E-state index contributed by atoms with van der Waals surface area (Å²) in [5, 5.41) is 9.28. The first kappa shape index (κ1) is 11.9. The van der Waals surface area contributed by atoms with Crippen molar-refractivity contribution in [3.8, 4) is 11.5 Å². The Balaban J connectivity index is 2.28. The van der Waals surface area contributed by atoms with E-state index in [2.05, 4.69) is 15.9 Å². The van der Waals surface area contributed by atoms with Gasteiger partial charge in [0, 0.05) is 22.2 Å². The second kappa shape index (κ2) is 4.71. The summed E-state index contributed by atoms with van der Waals surface area (Å²) in [6.07, 6.45) is 1.43. The molecule has 0 amide bonds. The number of hydrogen-bond acceptors (Lipinski definition) is 2. The summed E-state index contributed by atoms with van der Waals surface area (Å²) in [6, 6.07) is 7.72. The molecule has 0 saturated heterocycles. The smallest absolute Gasteiger partial charge is 0.234 e. The van der Waals surface area contributed by atoms with Crippen molar-refractivity contribution in [2.45, 2.75) is 6.92 Å². The highest BCUT2D eigenvalue weighted by Gasteiger charge is 2.09. The molecule has 1 N–H and O–H groups in total. The highest BCUT2D eigenvalue weighted by atomic mass is 79.9. The topological polar surface area (TPSA) is 33.3 Å². The van der Waals surface area contributed by atoms with E-state index in [4.69, 9.17) is 4.74 Å². The standard InChI is InChI=1S/C12H10BrFNO2/c1-8-6-10(4-5-15(8)16)17-12-3-2-9(13)7-11(12)14/h2-7,16H,1H3/q+1. The predicted octanol–water partition coefficient (Wildman–Crippen LogP) is 3.21. The van der Waals surface area contributed by atoms with Crippen molar-refractivity contribution in [2.75, 3.05) is 0 Å². The maximum atomic E-state index is 13.5. The van der Waals surface area contributed by atoms with Gasteiger partial charge in [-0.3, -0.25) is 5.21 Å². The van der Waals surface area contributed by atoms with Gasteiger partial charge in [0.15, 0.2) is 11.6 Å². The summed E-state index contributed by atoms with van der Waals surface area (Å²) in [6.45, 7) is 1.71. The Kier molecular flexibility index (Phi) is 3.28. The van der Waals surface area contributed by atoms with Crippen molar-refractivity contribution in [1.29, 1.82) is 0 Å². The monoisotopic (exact) mass is 298 g/mol. The van der Waals surface area contributed by atoms with Gasteiger partial charge in [0.2, 0.25) is 11.9 Å². The van der Waals surface area contributed by atoms with E-state index in [-0.39, 0.29) is 5.75 Å². The van der Waals surface area contributed by atoms with E-state index in [1.54, 1.807) is 25.1 Å². The van der Waals surface area contributed by atoms with E-state index in [9.17, 15) is 9.60 Å². The molecule has 3 nitrogen and oxygen atoms in total. The highest BCUT2D eigenvalue weighted by Crippen LogP contribution is 2.26. The van der Waals surface area contributed by atoms with Crippen molar-refractivity contribution in [3.05, 3.63) is 52.5 Å². The van der Waals surface area contributed by atoms with Crippen LogP contribution in [0.15, 0.2) is 41.0 Å². The molecule has 0 aliphatic heterocycles. The van der Waals surface area contributed by atoms with Gasteiger partial charge >= 0.3 is 0 Å². The fourth-order valence-corrected chi connectivity index (χ4v) is 1.66. The second-order valence-electron chi connectivity index (χ2n) is 3.53. The molecule has 0 aliphatic carbocycles. The quantitative estimate of drug-likeness (QED) is 0.682. The lowest BCUT2D eigenvalue weighted by Crippen LogP contribution is -2.32. The molecule has 17 heavy (non-hydrogen) atoms. The van der Waals surface area contributed by atoms with Crippen LogP contribution in [0.5, 0.6) is 11.5 Å². The van der Waals surface area contributed by atoms with Gasteiger partial charge in [-0.25, -0.2) is 4.39 Å². The van der Waals surface area contributed by atoms with Crippen molar-refractivity contribution in [2.24, 2.45) is 0 Å². The molecule has 0 spiro atoms. The molecule has 5 heteroatoms. The van der Waals surface area contributed by atoms with E-state index in [1.165, 1.54) is 18.3 Å². The molecule has 1 heterocycles. The van der Waals surface area contributed by atoms with Crippen LogP contribution in [0.4, 0.5) is 4.39 Å². The Morgan fingerprint density at radius 3 is 2.71 bits per heavy atom. The van der Waals surface area contributed by atoms with Crippen LogP contribution in [-0.4, -0.2) is 5.21 Å².